The van der Waals surface area contributed by atoms with E-state index in [9.17, 15) is 0 Å². The van der Waals surface area contributed by atoms with E-state index in [0.29, 0.717) is 17.8 Å². The molecule has 1 unspecified atom stereocenters. The van der Waals surface area contributed by atoms with Gasteiger partial charge in [-0.25, -0.2) is 4.98 Å². The molecule has 2 saturated heterocycles. The molecule has 0 aliphatic carbocycles. The topological polar surface area (TPSA) is 59.0 Å². The number of nitrogens with one attached hydrogen (secondary N) is 1. The second-order valence-electron chi connectivity index (χ2n) is 7.05. The van der Waals surface area contributed by atoms with Crippen molar-refractivity contribution >= 4 is 29.9 Å². The smallest absolute Gasteiger partial charge is 0.213 e. The molecule has 0 amide bonds. The lowest BCUT2D eigenvalue weighted by Gasteiger charge is -2.25. The highest BCUT2D eigenvalue weighted by Crippen LogP contribution is 2.38. The van der Waals surface area contributed by atoms with Gasteiger partial charge in [0, 0.05) is 51.0 Å². The van der Waals surface area contributed by atoms with Gasteiger partial charge in [-0.15, -0.1) is 24.0 Å². The number of rotatable bonds is 4. The number of pyridine rings is 1. The number of hydrogen-bond donors (Lipinski definition) is 1. The summed E-state index contributed by atoms with van der Waals surface area (Å²) in [5.74, 6) is 1.63. The Morgan fingerprint density at radius 3 is 2.88 bits per heavy atom. The van der Waals surface area contributed by atoms with Gasteiger partial charge in [-0.3, -0.25) is 4.99 Å². The van der Waals surface area contributed by atoms with E-state index in [4.69, 9.17) is 9.47 Å². The monoisotopic (exact) mass is 460 g/mol. The van der Waals surface area contributed by atoms with Crippen molar-refractivity contribution in [3.05, 3.63) is 23.9 Å². The Hall–Kier alpha value is -1.09. The largest absolute Gasteiger partial charge is 0.475 e. The van der Waals surface area contributed by atoms with Crippen molar-refractivity contribution in [3.8, 4) is 5.88 Å². The van der Waals surface area contributed by atoms with Crippen LogP contribution in [0.2, 0.25) is 0 Å². The Labute approximate surface area is 167 Å². The molecule has 1 atom stereocenters. The summed E-state index contributed by atoms with van der Waals surface area (Å²) in [6, 6.07) is 3.96. The van der Waals surface area contributed by atoms with Crippen LogP contribution in [0.3, 0.4) is 0 Å². The van der Waals surface area contributed by atoms with Gasteiger partial charge in [0.15, 0.2) is 5.96 Å². The summed E-state index contributed by atoms with van der Waals surface area (Å²) < 4.78 is 11.2. The van der Waals surface area contributed by atoms with Crippen molar-refractivity contribution < 1.29 is 9.47 Å². The number of aliphatic imine (C=N–C) groups is 1. The molecule has 6 nitrogen and oxygen atoms in total. The minimum Gasteiger partial charge on any atom is -0.475 e. The normalized spacial score (nSPS) is 23.2. The Balaban J connectivity index is 0.00000225. The molecule has 1 aromatic heterocycles. The third-order valence-electron chi connectivity index (χ3n) is 4.74. The number of nitrogens with zero attached hydrogens (tertiary/aromatic N) is 3. The zero-order valence-corrected chi connectivity index (χ0v) is 17.7. The van der Waals surface area contributed by atoms with Crippen LogP contribution in [0.4, 0.5) is 0 Å². The lowest BCUT2D eigenvalue weighted by atomic mass is 9.87. The maximum atomic E-state index is 5.60. The van der Waals surface area contributed by atoms with E-state index in [1.54, 1.807) is 0 Å². The van der Waals surface area contributed by atoms with Crippen molar-refractivity contribution in [1.29, 1.82) is 0 Å². The van der Waals surface area contributed by atoms with Crippen molar-refractivity contribution in [3.63, 3.8) is 0 Å². The standard InChI is InChI=1S/C18H28N4O2.HI/c1-14(2)24-16-5-4-15(10-20-16)11-21-17(19-3)22-8-6-18(12-22)7-9-23-13-18;/h4-5,10,14H,6-9,11-13H2,1-3H3,(H,19,21);1H. The van der Waals surface area contributed by atoms with Gasteiger partial charge < -0.3 is 19.7 Å². The van der Waals surface area contributed by atoms with E-state index in [1.807, 2.05) is 39.2 Å². The summed E-state index contributed by atoms with van der Waals surface area (Å²) in [5.41, 5.74) is 1.46. The van der Waals surface area contributed by atoms with Crippen LogP contribution in [0, 0.1) is 5.41 Å². The first-order valence-corrected chi connectivity index (χ1v) is 8.75. The fourth-order valence-corrected chi connectivity index (χ4v) is 3.43. The highest BCUT2D eigenvalue weighted by atomic mass is 127. The van der Waals surface area contributed by atoms with E-state index in [0.717, 1.165) is 37.8 Å². The first-order valence-electron chi connectivity index (χ1n) is 8.75. The number of hydrogen-bond acceptors (Lipinski definition) is 4. The van der Waals surface area contributed by atoms with Crippen molar-refractivity contribution in [1.82, 2.24) is 15.2 Å². The highest BCUT2D eigenvalue weighted by Gasteiger charge is 2.42. The molecule has 3 heterocycles. The van der Waals surface area contributed by atoms with Gasteiger partial charge in [0.2, 0.25) is 5.88 Å². The molecule has 0 saturated carbocycles. The Morgan fingerprint density at radius 2 is 2.28 bits per heavy atom. The van der Waals surface area contributed by atoms with E-state index in [-0.39, 0.29) is 30.1 Å². The maximum Gasteiger partial charge on any atom is 0.213 e. The van der Waals surface area contributed by atoms with E-state index >= 15 is 0 Å². The average molecular weight is 460 g/mol. The molecule has 2 aliphatic heterocycles. The zero-order valence-electron chi connectivity index (χ0n) is 15.3. The first-order chi connectivity index (χ1) is 11.6. The first kappa shape index (κ1) is 20.2. The molecule has 25 heavy (non-hydrogen) atoms. The number of ether oxygens (including phenoxy) is 2. The number of aromatic nitrogens is 1. The number of guanidine groups is 1. The van der Waals surface area contributed by atoms with Gasteiger partial charge in [0.1, 0.15) is 0 Å². The molecule has 1 N–H and O–H groups in total. The fourth-order valence-electron chi connectivity index (χ4n) is 3.43. The number of halogens is 1. The Bertz CT molecular complexity index is 571. The van der Waals surface area contributed by atoms with Gasteiger partial charge >= 0.3 is 0 Å². The van der Waals surface area contributed by atoms with E-state index < -0.39 is 0 Å². The minimum atomic E-state index is 0. The molecule has 2 aliphatic rings. The molecule has 2 fully saturated rings. The third-order valence-corrected chi connectivity index (χ3v) is 4.74. The molecule has 1 aromatic rings. The predicted octanol–water partition coefficient (Wildman–Crippen LogP) is 2.67. The SMILES string of the molecule is CN=C(NCc1ccc(OC(C)C)nc1)N1CCC2(CCOC2)C1.I. The summed E-state index contributed by atoms with van der Waals surface area (Å²) >= 11 is 0. The Kier molecular flexibility index (Phi) is 7.30. The molecule has 3 rings (SSSR count). The molecule has 0 radical (unpaired) electrons. The van der Waals surface area contributed by atoms with Crippen LogP contribution in [-0.4, -0.2) is 55.3 Å². The number of likely N-dealkylation sites (tertiary alicyclic amines) is 1. The summed E-state index contributed by atoms with van der Waals surface area (Å²) in [6.45, 7) is 8.58. The summed E-state index contributed by atoms with van der Waals surface area (Å²) in [7, 11) is 1.84. The maximum absolute atomic E-state index is 5.60. The molecule has 0 aromatic carbocycles. The van der Waals surface area contributed by atoms with Crippen LogP contribution in [0.25, 0.3) is 0 Å². The second-order valence-corrected chi connectivity index (χ2v) is 7.05. The summed E-state index contributed by atoms with van der Waals surface area (Å²) in [6.07, 6.45) is 4.36. The Morgan fingerprint density at radius 1 is 1.44 bits per heavy atom. The highest BCUT2D eigenvalue weighted by molar-refractivity contribution is 14.0. The van der Waals surface area contributed by atoms with Crippen LogP contribution in [0.15, 0.2) is 23.3 Å². The lowest BCUT2D eigenvalue weighted by molar-refractivity contribution is 0.156. The van der Waals surface area contributed by atoms with Gasteiger partial charge in [-0.2, -0.15) is 0 Å². The minimum absolute atomic E-state index is 0. The van der Waals surface area contributed by atoms with Crippen LogP contribution < -0.4 is 10.1 Å². The van der Waals surface area contributed by atoms with Crippen LogP contribution >= 0.6 is 24.0 Å². The van der Waals surface area contributed by atoms with Crippen LogP contribution in [-0.2, 0) is 11.3 Å². The van der Waals surface area contributed by atoms with Gasteiger partial charge in [0.05, 0.1) is 12.7 Å². The molecule has 7 heteroatoms. The fraction of sp³-hybridized carbons (Fsp3) is 0.667. The lowest BCUT2D eigenvalue weighted by Crippen LogP contribution is -2.41. The van der Waals surface area contributed by atoms with Crippen LogP contribution in [0.5, 0.6) is 5.88 Å². The summed E-state index contributed by atoms with van der Waals surface area (Å²) in [4.78, 5) is 11.1. The van der Waals surface area contributed by atoms with Crippen molar-refractivity contribution in [2.75, 3.05) is 33.4 Å². The third kappa shape index (κ3) is 5.20. The average Bonchev–Trinajstić information content (AvgIpc) is 3.20. The second kappa shape index (κ2) is 9.02. The molecular weight excluding hydrogens is 431 g/mol. The summed E-state index contributed by atoms with van der Waals surface area (Å²) in [5, 5.41) is 3.45. The van der Waals surface area contributed by atoms with Gasteiger partial charge in [-0.05, 0) is 32.3 Å². The van der Waals surface area contributed by atoms with Crippen molar-refractivity contribution in [2.45, 2.75) is 39.3 Å². The van der Waals surface area contributed by atoms with Crippen molar-refractivity contribution in [2.24, 2.45) is 10.4 Å². The molecular formula is C18H29IN4O2. The molecule has 140 valence electrons. The van der Waals surface area contributed by atoms with E-state index in [2.05, 4.69) is 20.2 Å². The quantitative estimate of drug-likeness (QED) is 0.426. The molecule has 1 spiro atoms. The van der Waals surface area contributed by atoms with Gasteiger partial charge in [0.25, 0.3) is 0 Å². The molecule has 0 bridgehead atoms. The predicted molar refractivity (Wildman–Crippen MR) is 110 cm³/mol. The zero-order chi connectivity index (χ0) is 17.0. The van der Waals surface area contributed by atoms with Crippen LogP contribution in [0.1, 0.15) is 32.3 Å². The van der Waals surface area contributed by atoms with E-state index in [1.165, 1.54) is 12.8 Å². The van der Waals surface area contributed by atoms with Gasteiger partial charge in [-0.1, -0.05) is 6.07 Å².